The molecule has 136 valence electrons. The second-order valence-electron chi connectivity index (χ2n) is 5.75. The summed E-state index contributed by atoms with van der Waals surface area (Å²) in [6.07, 6.45) is 0.290. The van der Waals surface area contributed by atoms with Crippen molar-refractivity contribution in [1.29, 1.82) is 0 Å². The van der Waals surface area contributed by atoms with Crippen LogP contribution in [0.1, 0.15) is 36.8 Å². The number of hydrogen-bond donors (Lipinski definition) is 1. The Morgan fingerprint density at radius 1 is 0.840 bits per heavy atom. The Morgan fingerprint density at radius 2 is 1.44 bits per heavy atom. The molecule has 0 aliphatic carbocycles. The van der Waals surface area contributed by atoms with Crippen LogP contribution in [0, 0.1) is 11.6 Å². The highest BCUT2D eigenvalue weighted by Crippen LogP contribution is 2.34. The number of unbranched alkanes of at least 4 members (excludes halogenated alkanes) is 3. The highest BCUT2D eigenvalue weighted by Gasteiger charge is 2.40. The monoisotopic (exact) mass is 356 g/mol. The van der Waals surface area contributed by atoms with Gasteiger partial charge in [-0.3, -0.25) is 0 Å². The lowest BCUT2D eigenvalue weighted by Crippen LogP contribution is -2.25. The van der Waals surface area contributed by atoms with Crippen LogP contribution in [-0.2, 0) is 12.5 Å². The zero-order chi connectivity index (χ0) is 18.3. The molecule has 0 bridgehead atoms. The van der Waals surface area contributed by atoms with E-state index in [2.05, 4.69) is 4.74 Å². The van der Waals surface area contributed by atoms with Crippen LogP contribution in [0.2, 0.25) is 0 Å². The van der Waals surface area contributed by atoms with Crippen LogP contribution in [-0.4, -0.2) is 11.7 Å². The molecule has 2 aromatic carbocycles. The summed E-state index contributed by atoms with van der Waals surface area (Å²) in [6, 6.07) is 8.54. The molecule has 0 radical (unpaired) electrons. The molecular weight excluding hydrogens is 336 g/mol. The van der Waals surface area contributed by atoms with Gasteiger partial charge in [-0.2, -0.15) is 8.78 Å². The van der Waals surface area contributed by atoms with E-state index in [0.29, 0.717) is 0 Å². The number of hydrogen-bond acceptors (Lipinski definition) is 2. The summed E-state index contributed by atoms with van der Waals surface area (Å²) in [6.45, 7) is 0.183. The Balaban J connectivity index is 1.98. The van der Waals surface area contributed by atoms with Gasteiger partial charge >= 0.3 is 6.11 Å². The smallest absolute Gasteiger partial charge is 0.429 e. The molecule has 0 heterocycles. The standard InChI is InChI=1S/C19H20F4O2/c20-16-7-5-8-17(21)18(16)19(22,23)25-15-11-9-14(10-12-15)6-3-1-2-4-13-24/h5,7-12,24H,1-4,6,13H2. The van der Waals surface area contributed by atoms with E-state index in [9.17, 15) is 17.6 Å². The molecule has 2 rings (SSSR count). The molecule has 0 fully saturated rings. The van der Waals surface area contributed by atoms with Crippen molar-refractivity contribution in [3.05, 3.63) is 65.2 Å². The summed E-state index contributed by atoms with van der Waals surface area (Å²) in [5.41, 5.74) is -0.445. The van der Waals surface area contributed by atoms with Gasteiger partial charge in [-0.1, -0.05) is 31.0 Å². The number of aliphatic hydroxyl groups excluding tert-OH is 1. The van der Waals surface area contributed by atoms with Gasteiger partial charge < -0.3 is 9.84 Å². The van der Waals surface area contributed by atoms with Gasteiger partial charge in [0.05, 0.1) is 0 Å². The molecule has 0 spiro atoms. The van der Waals surface area contributed by atoms with E-state index in [4.69, 9.17) is 5.11 Å². The third-order valence-corrected chi connectivity index (χ3v) is 3.80. The molecule has 25 heavy (non-hydrogen) atoms. The zero-order valence-electron chi connectivity index (χ0n) is 13.7. The molecule has 2 nitrogen and oxygen atoms in total. The van der Waals surface area contributed by atoms with Gasteiger partial charge in [-0.05, 0) is 49.1 Å². The van der Waals surface area contributed by atoms with Gasteiger partial charge in [0.15, 0.2) is 0 Å². The van der Waals surface area contributed by atoms with Crippen molar-refractivity contribution in [3.63, 3.8) is 0 Å². The highest BCUT2D eigenvalue weighted by atomic mass is 19.3. The molecule has 2 aromatic rings. The predicted octanol–water partition coefficient (Wildman–Crippen LogP) is 5.19. The summed E-state index contributed by atoms with van der Waals surface area (Å²) in [4.78, 5) is 0. The largest absolute Gasteiger partial charge is 0.432 e. The number of halogens is 4. The third-order valence-electron chi connectivity index (χ3n) is 3.80. The second-order valence-corrected chi connectivity index (χ2v) is 5.75. The van der Waals surface area contributed by atoms with E-state index in [-0.39, 0.29) is 12.4 Å². The maximum absolute atomic E-state index is 14.1. The van der Waals surface area contributed by atoms with E-state index in [1.807, 2.05) is 0 Å². The Hall–Kier alpha value is -2.08. The van der Waals surface area contributed by atoms with Crippen molar-refractivity contribution in [2.24, 2.45) is 0 Å². The van der Waals surface area contributed by atoms with Crippen molar-refractivity contribution in [2.75, 3.05) is 6.61 Å². The summed E-state index contributed by atoms with van der Waals surface area (Å²) in [5.74, 6) is -2.88. The molecular formula is C19H20F4O2. The molecule has 0 saturated carbocycles. The van der Waals surface area contributed by atoms with Gasteiger partial charge in [0.25, 0.3) is 0 Å². The van der Waals surface area contributed by atoms with E-state index in [1.165, 1.54) is 12.1 Å². The Morgan fingerprint density at radius 3 is 2.04 bits per heavy atom. The fourth-order valence-corrected chi connectivity index (χ4v) is 2.49. The first-order valence-electron chi connectivity index (χ1n) is 8.15. The van der Waals surface area contributed by atoms with E-state index in [0.717, 1.165) is 55.9 Å². The number of aliphatic hydroxyl groups is 1. The average Bonchev–Trinajstić information content (AvgIpc) is 2.55. The van der Waals surface area contributed by atoms with Crippen LogP contribution in [0.15, 0.2) is 42.5 Å². The first-order chi connectivity index (χ1) is 11.9. The minimum absolute atomic E-state index is 0.170. The first kappa shape index (κ1) is 19.2. The SMILES string of the molecule is OCCCCCCc1ccc(OC(F)(F)c2c(F)cccc2F)cc1. The summed E-state index contributed by atoms with van der Waals surface area (Å²) in [5, 5.41) is 8.70. The minimum atomic E-state index is -4.11. The quantitative estimate of drug-likeness (QED) is 0.495. The van der Waals surface area contributed by atoms with Gasteiger partial charge in [-0.25, -0.2) is 8.78 Å². The van der Waals surface area contributed by atoms with Crippen molar-refractivity contribution < 1.29 is 27.4 Å². The highest BCUT2D eigenvalue weighted by molar-refractivity contribution is 5.30. The molecule has 0 aliphatic heterocycles. The second kappa shape index (κ2) is 8.85. The molecule has 1 N–H and O–H groups in total. The van der Waals surface area contributed by atoms with E-state index >= 15 is 0 Å². The van der Waals surface area contributed by atoms with Gasteiger partial charge in [0.1, 0.15) is 22.9 Å². The van der Waals surface area contributed by atoms with Gasteiger partial charge in [0.2, 0.25) is 0 Å². The van der Waals surface area contributed by atoms with Crippen LogP contribution < -0.4 is 4.74 Å². The first-order valence-corrected chi connectivity index (χ1v) is 8.15. The fraction of sp³-hybridized carbons (Fsp3) is 0.368. The van der Waals surface area contributed by atoms with Crippen LogP contribution in [0.3, 0.4) is 0 Å². The maximum atomic E-state index is 14.1. The van der Waals surface area contributed by atoms with Gasteiger partial charge in [-0.15, -0.1) is 0 Å². The molecule has 0 amide bonds. The van der Waals surface area contributed by atoms with Crippen LogP contribution in [0.4, 0.5) is 17.6 Å². The lowest BCUT2D eigenvalue weighted by atomic mass is 10.1. The molecule has 0 aromatic heterocycles. The molecule has 0 atom stereocenters. The number of aryl methyl sites for hydroxylation is 1. The number of alkyl halides is 2. The number of rotatable bonds is 9. The van der Waals surface area contributed by atoms with Crippen molar-refractivity contribution in [2.45, 2.75) is 38.2 Å². The van der Waals surface area contributed by atoms with Crippen LogP contribution in [0.5, 0.6) is 5.75 Å². The predicted molar refractivity (Wildman–Crippen MR) is 86.6 cm³/mol. The fourth-order valence-electron chi connectivity index (χ4n) is 2.49. The molecule has 0 saturated heterocycles. The lowest BCUT2D eigenvalue weighted by Gasteiger charge is -2.19. The van der Waals surface area contributed by atoms with Crippen LogP contribution >= 0.6 is 0 Å². The molecule has 0 unspecified atom stereocenters. The number of benzene rings is 2. The van der Waals surface area contributed by atoms with Crippen molar-refractivity contribution in [3.8, 4) is 5.75 Å². The molecule has 6 heteroatoms. The summed E-state index contributed by atoms with van der Waals surface area (Å²) in [7, 11) is 0. The average molecular weight is 356 g/mol. The number of ether oxygens (including phenoxy) is 1. The lowest BCUT2D eigenvalue weighted by molar-refractivity contribution is -0.189. The van der Waals surface area contributed by atoms with E-state index < -0.39 is 23.3 Å². The third kappa shape index (κ3) is 5.46. The van der Waals surface area contributed by atoms with E-state index in [1.54, 1.807) is 12.1 Å². The topological polar surface area (TPSA) is 29.5 Å². The normalized spacial score (nSPS) is 11.6. The molecule has 0 aliphatic rings. The van der Waals surface area contributed by atoms with Crippen LogP contribution in [0.25, 0.3) is 0 Å². The van der Waals surface area contributed by atoms with Gasteiger partial charge in [0, 0.05) is 6.61 Å². The summed E-state index contributed by atoms with van der Waals surface area (Å²) < 4.78 is 59.7. The summed E-state index contributed by atoms with van der Waals surface area (Å²) >= 11 is 0. The Bertz CT molecular complexity index is 651. The minimum Gasteiger partial charge on any atom is -0.429 e. The van der Waals surface area contributed by atoms with Crippen molar-refractivity contribution in [1.82, 2.24) is 0 Å². The Kier molecular flexibility index (Phi) is 6.82. The zero-order valence-corrected chi connectivity index (χ0v) is 13.7. The maximum Gasteiger partial charge on any atom is 0.432 e. The van der Waals surface area contributed by atoms with Crippen molar-refractivity contribution >= 4 is 0 Å². The Labute approximate surface area is 144 Å².